The van der Waals surface area contributed by atoms with Crippen molar-refractivity contribution in [2.45, 2.75) is 19.9 Å². The third-order valence-electron chi connectivity index (χ3n) is 3.21. The van der Waals surface area contributed by atoms with Crippen LogP contribution in [0.4, 0.5) is 8.78 Å². The maximum Gasteiger partial charge on any atom is 0.131 e. The minimum atomic E-state index is -0.601. The molecule has 2 rings (SSSR count). The van der Waals surface area contributed by atoms with Gasteiger partial charge in [0.2, 0.25) is 0 Å². The molecule has 1 N–H and O–H groups in total. The first-order chi connectivity index (χ1) is 9.45. The van der Waals surface area contributed by atoms with Gasteiger partial charge < -0.3 is 5.32 Å². The standard InChI is InChI=1S/C14H16ClF2N3/c1-4-18-13(14-10(15)7-19-20(14)3)9-5-8(2)11(16)6-12(9)17/h5-7,13,18H,4H2,1-3H3. The summed E-state index contributed by atoms with van der Waals surface area (Å²) in [4.78, 5) is 0. The second-order valence-electron chi connectivity index (χ2n) is 4.61. The minimum absolute atomic E-state index is 0.358. The summed E-state index contributed by atoms with van der Waals surface area (Å²) >= 11 is 6.13. The third-order valence-corrected chi connectivity index (χ3v) is 3.50. The number of nitrogens with one attached hydrogen (secondary N) is 1. The van der Waals surface area contributed by atoms with Crippen molar-refractivity contribution in [2.75, 3.05) is 6.54 Å². The molecule has 0 aliphatic heterocycles. The van der Waals surface area contributed by atoms with Crippen LogP contribution in [0, 0.1) is 18.6 Å². The smallest absolute Gasteiger partial charge is 0.131 e. The van der Waals surface area contributed by atoms with Gasteiger partial charge in [0.05, 0.1) is 23.0 Å². The summed E-state index contributed by atoms with van der Waals surface area (Å²) in [5, 5.41) is 7.67. The minimum Gasteiger partial charge on any atom is -0.305 e. The quantitative estimate of drug-likeness (QED) is 0.938. The molecule has 108 valence electrons. The van der Waals surface area contributed by atoms with E-state index in [1.165, 1.54) is 12.3 Å². The molecule has 1 aromatic carbocycles. The van der Waals surface area contributed by atoms with E-state index < -0.39 is 17.7 Å². The number of aryl methyl sites for hydroxylation is 2. The molecule has 0 aliphatic rings. The van der Waals surface area contributed by atoms with E-state index in [1.807, 2.05) is 6.92 Å². The maximum atomic E-state index is 14.1. The maximum absolute atomic E-state index is 14.1. The van der Waals surface area contributed by atoms with Crippen molar-refractivity contribution < 1.29 is 8.78 Å². The first kappa shape index (κ1) is 14.9. The summed E-state index contributed by atoms with van der Waals surface area (Å²) in [5.74, 6) is -1.16. The van der Waals surface area contributed by atoms with Crippen molar-refractivity contribution in [1.29, 1.82) is 0 Å². The lowest BCUT2D eigenvalue weighted by Gasteiger charge is -2.20. The van der Waals surface area contributed by atoms with Crippen molar-refractivity contribution in [3.05, 3.63) is 51.8 Å². The van der Waals surface area contributed by atoms with Gasteiger partial charge in [0.15, 0.2) is 0 Å². The fourth-order valence-corrected chi connectivity index (χ4v) is 2.48. The molecule has 0 radical (unpaired) electrons. The van der Waals surface area contributed by atoms with Gasteiger partial charge in [-0.2, -0.15) is 5.10 Å². The molecule has 20 heavy (non-hydrogen) atoms. The first-order valence-corrected chi connectivity index (χ1v) is 6.69. The van der Waals surface area contributed by atoms with E-state index in [9.17, 15) is 8.78 Å². The predicted molar refractivity (Wildman–Crippen MR) is 74.8 cm³/mol. The monoisotopic (exact) mass is 299 g/mol. The second kappa shape index (κ2) is 5.89. The number of benzene rings is 1. The Morgan fingerprint density at radius 3 is 2.60 bits per heavy atom. The zero-order valence-electron chi connectivity index (χ0n) is 11.5. The molecular weight excluding hydrogens is 284 g/mol. The fourth-order valence-electron chi connectivity index (χ4n) is 2.20. The molecule has 3 nitrogen and oxygen atoms in total. The van der Waals surface area contributed by atoms with Crippen LogP contribution < -0.4 is 5.32 Å². The summed E-state index contributed by atoms with van der Waals surface area (Å²) in [7, 11) is 1.74. The SMILES string of the molecule is CCNC(c1cc(C)c(F)cc1F)c1c(Cl)cnn1C. The highest BCUT2D eigenvalue weighted by Gasteiger charge is 2.24. The van der Waals surface area contributed by atoms with Crippen LogP contribution in [0.1, 0.15) is 29.8 Å². The van der Waals surface area contributed by atoms with Gasteiger partial charge in [-0.1, -0.05) is 18.5 Å². The number of halogens is 3. The van der Waals surface area contributed by atoms with Gasteiger partial charge in [0, 0.05) is 18.7 Å². The van der Waals surface area contributed by atoms with Crippen LogP contribution in [0.2, 0.25) is 5.02 Å². The summed E-state index contributed by atoms with van der Waals surface area (Å²) < 4.78 is 29.1. The Morgan fingerprint density at radius 1 is 1.35 bits per heavy atom. The number of aromatic nitrogens is 2. The molecule has 2 aromatic rings. The van der Waals surface area contributed by atoms with E-state index in [0.29, 0.717) is 28.4 Å². The molecule has 0 amide bonds. The number of rotatable bonds is 4. The van der Waals surface area contributed by atoms with Crippen molar-refractivity contribution in [3.63, 3.8) is 0 Å². The molecule has 0 fully saturated rings. The lowest BCUT2D eigenvalue weighted by molar-refractivity contribution is 0.519. The van der Waals surface area contributed by atoms with E-state index >= 15 is 0 Å². The van der Waals surface area contributed by atoms with Gasteiger partial charge in [-0.15, -0.1) is 0 Å². The molecule has 1 atom stereocenters. The van der Waals surface area contributed by atoms with E-state index in [0.717, 1.165) is 6.07 Å². The van der Waals surface area contributed by atoms with Crippen LogP contribution in [0.5, 0.6) is 0 Å². The van der Waals surface area contributed by atoms with Crippen LogP contribution >= 0.6 is 11.6 Å². The molecule has 1 unspecified atom stereocenters. The molecule has 0 saturated carbocycles. The molecule has 1 aromatic heterocycles. The Bertz CT molecular complexity index is 606. The number of nitrogens with zero attached hydrogens (tertiary/aromatic N) is 2. The summed E-state index contributed by atoms with van der Waals surface area (Å²) in [5.41, 5.74) is 1.40. The first-order valence-electron chi connectivity index (χ1n) is 6.32. The highest BCUT2D eigenvalue weighted by molar-refractivity contribution is 6.31. The third kappa shape index (κ3) is 2.69. The van der Waals surface area contributed by atoms with Crippen LogP contribution in [0.3, 0.4) is 0 Å². The zero-order valence-corrected chi connectivity index (χ0v) is 12.3. The second-order valence-corrected chi connectivity index (χ2v) is 5.02. The highest BCUT2D eigenvalue weighted by Crippen LogP contribution is 2.30. The van der Waals surface area contributed by atoms with E-state index in [-0.39, 0.29) is 0 Å². The largest absolute Gasteiger partial charge is 0.305 e. The Hall–Kier alpha value is -1.46. The van der Waals surface area contributed by atoms with Crippen LogP contribution in [-0.4, -0.2) is 16.3 Å². The lowest BCUT2D eigenvalue weighted by Crippen LogP contribution is -2.25. The molecule has 0 spiro atoms. The fraction of sp³-hybridized carbons (Fsp3) is 0.357. The molecule has 1 heterocycles. The Balaban J connectivity index is 2.57. The molecule has 0 saturated heterocycles. The molecule has 0 bridgehead atoms. The van der Waals surface area contributed by atoms with Gasteiger partial charge in [-0.25, -0.2) is 8.78 Å². The summed E-state index contributed by atoms with van der Waals surface area (Å²) in [6, 6.07) is 1.93. The normalized spacial score (nSPS) is 12.7. The van der Waals surface area contributed by atoms with Crippen LogP contribution in [-0.2, 0) is 7.05 Å². The summed E-state index contributed by atoms with van der Waals surface area (Å²) in [6.45, 7) is 4.12. The van der Waals surface area contributed by atoms with Crippen molar-refractivity contribution in [2.24, 2.45) is 7.05 Å². The summed E-state index contributed by atoms with van der Waals surface area (Å²) in [6.07, 6.45) is 1.51. The molecular formula is C14H16ClF2N3. The van der Waals surface area contributed by atoms with Gasteiger partial charge in [-0.05, 0) is 25.1 Å². The topological polar surface area (TPSA) is 29.9 Å². The van der Waals surface area contributed by atoms with Crippen molar-refractivity contribution in [3.8, 4) is 0 Å². The Kier molecular flexibility index (Phi) is 4.40. The Labute approximate surface area is 121 Å². The number of hydrogen-bond donors (Lipinski definition) is 1. The van der Waals surface area contributed by atoms with E-state index in [1.54, 1.807) is 18.7 Å². The lowest BCUT2D eigenvalue weighted by atomic mass is 10.00. The molecule has 0 aliphatic carbocycles. The van der Waals surface area contributed by atoms with Crippen LogP contribution in [0.25, 0.3) is 0 Å². The van der Waals surface area contributed by atoms with Crippen LogP contribution in [0.15, 0.2) is 18.3 Å². The zero-order chi connectivity index (χ0) is 14.9. The molecule has 6 heteroatoms. The van der Waals surface area contributed by atoms with Gasteiger partial charge in [0.25, 0.3) is 0 Å². The predicted octanol–water partition coefficient (Wildman–Crippen LogP) is 3.36. The van der Waals surface area contributed by atoms with E-state index in [2.05, 4.69) is 10.4 Å². The average Bonchev–Trinajstić information content (AvgIpc) is 2.71. The van der Waals surface area contributed by atoms with Gasteiger partial charge in [-0.3, -0.25) is 4.68 Å². The van der Waals surface area contributed by atoms with Crippen molar-refractivity contribution in [1.82, 2.24) is 15.1 Å². The van der Waals surface area contributed by atoms with E-state index in [4.69, 9.17) is 11.6 Å². The Morgan fingerprint density at radius 2 is 2.05 bits per heavy atom. The van der Waals surface area contributed by atoms with Crippen molar-refractivity contribution >= 4 is 11.6 Å². The van der Waals surface area contributed by atoms with Gasteiger partial charge in [0.1, 0.15) is 11.6 Å². The van der Waals surface area contributed by atoms with Gasteiger partial charge >= 0.3 is 0 Å². The highest BCUT2D eigenvalue weighted by atomic mass is 35.5. The average molecular weight is 300 g/mol. The number of hydrogen-bond acceptors (Lipinski definition) is 2.